The van der Waals surface area contributed by atoms with Crippen LogP contribution in [0.3, 0.4) is 0 Å². The molecule has 2 rings (SSSR count). The van der Waals surface area contributed by atoms with Gasteiger partial charge in [-0.05, 0) is 49.2 Å². The van der Waals surface area contributed by atoms with Gasteiger partial charge in [0.15, 0.2) is 0 Å². The molecule has 0 bridgehead atoms. The van der Waals surface area contributed by atoms with Gasteiger partial charge in [0, 0.05) is 37.6 Å². The van der Waals surface area contributed by atoms with E-state index in [9.17, 15) is 9.59 Å². The van der Waals surface area contributed by atoms with Crippen molar-refractivity contribution in [3.05, 3.63) is 59.4 Å². The molecule has 1 atom stereocenters. The number of carbonyl (C=O) groups excluding carboxylic acids is 2. The summed E-state index contributed by atoms with van der Waals surface area (Å²) in [5.74, 6) is -0.253. The number of aromatic nitrogens is 1. The first kappa shape index (κ1) is 16.7. The molecule has 0 spiro atoms. The summed E-state index contributed by atoms with van der Waals surface area (Å²) in [6, 6.07) is 9.05. The van der Waals surface area contributed by atoms with Gasteiger partial charge in [-0.3, -0.25) is 14.6 Å². The minimum atomic E-state index is -0.156. The molecule has 0 aliphatic heterocycles. The van der Waals surface area contributed by atoms with Gasteiger partial charge in [0.2, 0.25) is 5.91 Å². The van der Waals surface area contributed by atoms with Gasteiger partial charge in [-0.25, -0.2) is 0 Å². The Balaban J connectivity index is 2.24. The summed E-state index contributed by atoms with van der Waals surface area (Å²) in [5, 5.41) is 2.75. The van der Waals surface area contributed by atoms with Gasteiger partial charge in [-0.2, -0.15) is 0 Å². The summed E-state index contributed by atoms with van der Waals surface area (Å²) in [5.41, 5.74) is 3.14. The molecule has 0 aliphatic carbocycles. The SMILES string of the molecule is CC(=O)Nc1cc(C(=O)N(C)C(C)c2ccncc2)ccc1C. The Kier molecular flexibility index (Phi) is 5.11. The zero-order chi connectivity index (χ0) is 17.0. The Morgan fingerprint density at radius 2 is 1.83 bits per heavy atom. The summed E-state index contributed by atoms with van der Waals surface area (Å²) in [7, 11) is 1.77. The number of nitrogens with one attached hydrogen (secondary N) is 1. The van der Waals surface area contributed by atoms with Gasteiger partial charge < -0.3 is 10.2 Å². The molecule has 23 heavy (non-hydrogen) atoms. The van der Waals surface area contributed by atoms with E-state index >= 15 is 0 Å². The molecule has 0 fully saturated rings. The summed E-state index contributed by atoms with van der Waals surface area (Å²) < 4.78 is 0. The standard InChI is InChI=1S/C18H21N3O2/c1-12-5-6-16(11-17(12)20-14(3)22)18(23)21(4)13(2)15-7-9-19-10-8-15/h5-11,13H,1-4H3,(H,20,22). The largest absolute Gasteiger partial charge is 0.335 e. The quantitative estimate of drug-likeness (QED) is 0.943. The van der Waals surface area contributed by atoms with Crippen molar-refractivity contribution in [3.63, 3.8) is 0 Å². The van der Waals surface area contributed by atoms with Crippen LogP contribution in [0.1, 0.15) is 41.4 Å². The van der Waals surface area contributed by atoms with E-state index in [4.69, 9.17) is 0 Å². The van der Waals surface area contributed by atoms with Crippen LogP contribution in [0.2, 0.25) is 0 Å². The van der Waals surface area contributed by atoms with E-state index in [1.807, 2.05) is 32.0 Å². The lowest BCUT2D eigenvalue weighted by Crippen LogP contribution is -2.29. The van der Waals surface area contributed by atoms with Gasteiger partial charge in [0.05, 0.1) is 6.04 Å². The van der Waals surface area contributed by atoms with Crippen molar-refractivity contribution in [3.8, 4) is 0 Å². The number of nitrogens with zero attached hydrogens (tertiary/aromatic N) is 2. The fourth-order valence-electron chi connectivity index (χ4n) is 2.32. The maximum absolute atomic E-state index is 12.7. The zero-order valence-electron chi connectivity index (χ0n) is 13.8. The molecule has 0 saturated heterocycles. The molecular formula is C18H21N3O2. The Labute approximate surface area is 136 Å². The molecule has 1 unspecified atom stereocenters. The van der Waals surface area contributed by atoms with Crippen LogP contribution in [0, 0.1) is 6.92 Å². The highest BCUT2D eigenvalue weighted by atomic mass is 16.2. The van der Waals surface area contributed by atoms with Crippen molar-refractivity contribution in [1.29, 1.82) is 0 Å². The molecule has 1 N–H and O–H groups in total. The summed E-state index contributed by atoms with van der Waals surface area (Å²) in [4.78, 5) is 29.6. The predicted molar refractivity (Wildman–Crippen MR) is 90.2 cm³/mol. The maximum Gasteiger partial charge on any atom is 0.254 e. The number of hydrogen-bond acceptors (Lipinski definition) is 3. The second-order valence-corrected chi connectivity index (χ2v) is 5.58. The van der Waals surface area contributed by atoms with Crippen molar-refractivity contribution >= 4 is 17.5 Å². The number of carbonyl (C=O) groups is 2. The van der Waals surface area contributed by atoms with E-state index in [1.165, 1.54) is 6.92 Å². The highest BCUT2D eigenvalue weighted by molar-refractivity contribution is 5.97. The van der Waals surface area contributed by atoms with Crippen molar-refractivity contribution in [1.82, 2.24) is 9.88 Å². The van der Waals surface area contributed by atoms with Crippen molar-refractivity contribution in [2.45, 2.75) is 26.8 Å². The number of amides is 2. The van der Waals surface area contributed by atoms with Crippen molar-refractivity contribution in [2.24, 2.45) is 0 Å². The van der Waals surface area contributed by atoms with Gasteiger partial charge >= 0.3 is 0 Å². The fourth-order valence-corrected chi connectivity index (χ4v) is 2.32. The van der Waals surface area contributed by atoms with Crippen LogP contribution in [-0.2, 0) is 4.79 Å². The van der Waals surface area contributed by atoms with Crippen LogP contribution in [-0.4, -0.2) is 28.7 Å². The van der Waals surface area contributed by atoms with Crippen LogP contribution in [0.5, 0.6) is 0 Å². The summed E-state index contributed by atoms with van der Waals surface area (Å²) in [6.45, 7) is 5.31. The van der Waals surface area contributed by atoms with Crippen LogP contribution in [0.25, 0.3) is 0 Å². The third kappa shape index (κ3) is 3.94. The van der Waals surface area contributed by atoms with E-state index in [2.05, 4.69) is 10.3 Å². The van der Waals surface area contributed by atoms with Crippen LogP contribution in [0.15, 0.2) is 42.7 Å². The highest BCUT2D eigenvalue weighted by Crippen LogP contribution is 2.22. The number of anilines is 1. The van der Waals surface area contributed by atoms with Crippen LogP contribution in [0.4, 0.5) is 5.69 Å². The van der Waals surface area contributed by atoms with Gasteiger partial charge in [-0.1, -0.05) is 6.07 Å². The average Bonchev–Trinajstić information content (AvgIpc) is 2.55. The molecule has 0 radical (unpaired) electrons. The van der Waals surface area contributed by atoms with Crippen molar-refractivity contribution in [2.75, 3.05) is 12.4 Å². The predicted octanol–water partition coefficient (Wildman–Crippen LogP) is 3.18. The van der Waals surface area contributed by atoms with E-state index in [0.717, 1.165) is 11.1 Å². The van der Waals surface area contributed by atoms with E-state index in [0.29, 0.717) is 11.3 Å². The molecule has 1 heterocycles. The molecule has 0 saturated carbocycles. The summed E-state index contributed by atoms with van der Waals surface area (Å²) >= 11 is 0. The average molecular weight is 311 g/mol. The number of hydrogen-bond donors (Lipinski definition) is 1. The lowest BCUT2D eigenvalue weighted by Gasteiger charge is -2.25. The molecule has 2 amide bonds. The first-order chi connectivity index (χ1) is 10.9. The topological polar surface area (TPSA) is 62.3 Å². The molecular weight excluding hydrogens is 290 g/mol. The first-order valence-electron chi connectivity index (χ1n) is 7.45. The number of aryl methyl sites for hydroxylation is 1. The molecule has 5 heteroatoms. The van der Waals surface area contributed by atoms with Crippen LogP contribution >= 0.6 is 0 Å². The van der Waals surface area contributed by atoms with Gasteiger partial charge in [0.1, 0.15) is 0 Å². The molecule has 1 aromatic carbocycles. The maximum atomic E-state index is 12.7. The van der Waals surface area contributed by atoms with Gasteiger partial charge in [-0.15, -0.1) is 0 Å². The fraction of sp³-hybridized carbons (Fsp3) is 0.278. The Morgan fingerprint density at radius 3 is 2.43 bits per heavy atom. The normalized spacial score (nSPS) is 11.7. The van der Waals surface area contributed by atoms with E-state index in [1.54, 1.807) is 36.5 Å². The molecule has 120 valence electrons. The Bertz CT molecular complexity index is 713. The minimum Gasteiger partial charge on any atom is -0.335 e. The van der Waals surface area contributed by atoms with E-state index < -0.39 is 0 Å². The third-order valence-corrected chi connectivity index (χ3v) is 3.89. The number of rotatable bonds is 4. The second-order valence-electron chi connectivity index (χ2n) is 5.58. The minimum absolute atomic E-state index is 0.0731. The Hall–Kier alpha value is -2.69. The molecule has 1 aromatic heterocycles. The molecule has 0 aliphatic rings. The second kappa shape index (κ2) is 7.05. The smallest absolute Gasteiger partial charge is 0.254 e. The highest BCUT2D eigenvalue weighted by Gasteiger charge is 2.19. The van der Waals surface area contributed by atoms with Crippen LogP contribution < -0.4 is 5.32 Å². The number of pyridine rings is 1. The monoisotopic (exact) mass is 311 g/mol. The van der Waals surface area contributed by atoms with E-state index in [-0.39, 0.29) is 17.9 Å². The molecule has 5 nitrogen and oxygen atoms in total. The molecule has 2 aromatic rings. The first-order valence-corrected chi connectivity index (χ1v) is 7.45. The Morgan fingerprint density at radius 1 is 1.17 bits per heavy atom. The lowest BCUT2D eigenvalue weighted by molar-refractivity contribution is -0.114. The lowest BCUT2D eigenvalue weighted by atomic mass is 10.1. The van der Waals surface area contributed by atoms with Crippen molar-refractivity contribution < 1.29 is 9.59 Å². The third-order valence-electron chi connectivity index (χ3n) is 3.89. The van der Waals surface area contributed by atoms with Gasteiger partial charge in [0.25, 0.3) is 5.91 Å². The summed E-state index contributed by atoms with van der Waals surface area (Å²) in [6.07, 6.45) is 3.43. The number of benzene rings is 1. The zero-order valence-corrected chi connectivity index (χ0v) is 13.8.